The Labute approximate surface area is 108 Å². The van der Waals surface area contributed by atoms with E-state index in [9.17, 15) is 9.18 Å². The molecule has 1 atom stereocenters. The highest BCUT2D eigenvalue weighted by molar-refractivity contribution is 7.09. The van der Waals surface area contributed by atoms with Gasteiger partial charge in [0.15, 0.2) is 5.54 Å². The summed E-state index contributed by atoms with van der Waals surface area (Å²) < 4.78 is 12.8. The lowest BCUT2D eigenvalue weighted by Crippen LogP contribution is -2.45. The van der Waals surface area contributed by atoms with Crippen LogP contribution in [0, 0.1) is 5.82 Å². The number of thiazole rings is 1. The number of primary amides is 1. The molecule has 4 nitrogen and oxygen atoms in total. The van der Waals surface area contributed by atoms with Gasteiger partial charge in [0.05, 0.1) is 0 Å². The molecular formula is C12H12FN3OS. The number of anilines is 1. The molecule has 2 rings (SSSR count). The number of benzene rings is 1. The van der Waals surface area contributed by atoms with Gasteiger partial charge < -0.3 is 11.1 Å². The van der Waals surface area contributed by atoms with Crippen LogP contribution in [0.3, 0.4) is 0 Å². The fourth-order valence-electron chi connectivity index (χ4n) is 1.51. The maximum Gasteiger partial charge on any atom is 0.249 e. The second kappa shape index (κ2) is 4.73. The van der Waals surface area contributed by atoms with Crippen molar-refractivity contribution in [3.63, 3.8) is 0 Å². The molecule has 0 saturated carbocycles. The third kappa shape index (κ3) is 2.33. The third-order valence-electron chi connectivity index (χ3n) is 2.59. The van der Waals surface area contributed by atoms with Gasteiger partial charge in [0, 0.05) is 17.3 Å². The topological polar surface area (TPSA) is 68.0 Å². The number of hydrogen-bond acceptors (Lipinski definition) is 4. The molecule has 0 spiro atoms. The van der Waals surface area contributed by atoms with Crippen LogP contribution in [0.2, 0.25) is 0 Å². The summed E-state index contributed by atoms with van der Waals surface area (Å²) >= 11 is 1.33. The van der Waals surface area contributed by atoms with Crippen LogP contribution in [0.5, 0.6) is 0 Å². The highest BCUT2D eigenvalue weighted by Gasteiger charge is 2.35. The number of carbonyl (C=O) groups is 1. The van der Waals surface area contributed by atoms with Crippen molar-refractivity contribution >= 4 is 22.9 Å². The van der Waals surface area contributed by atoms with E-state index >= 15 is 0 Å². The van der Waals surface area contributed by atoms with E-state index in [-0.39, 0.29) is 5.82 Å². The Bertz CT molecular complexity index is 541. The lowest BCUT2D eigenvalue weighted by Gasteiger charge is -2.26. The van der Waals surface area contributed by atoms with E-state index in [1.54, 1.807) is 30.6 Å². The van der Waals surface area contributed by atoms with Crippen molar-refractivity contribution in [3.8, 4) is 0 Å². The monoisotopic (exact) mass is 265 g/mol. The molecule has 0 saturated heterocycles. The number of aromatic nitrogens is 1. The van der Waals surface area contributed by atoms with Crippen LogP contribution in [0.15, 0.2) is 35.8 Å². The van der Waals surface area contributed by atoms with Gasteiger partial charge >= 0.3 is 0 Å². The molecule has 0 bridgehead atoms. The Morgan fingerprint density at radius 1 is 1.44 bits per heavy atom. The molecule has 94 valence electrons. The summed E-state index contributed by atoms with van der Waals surface area (Å²) in [5, 5.41) is 5.33. The Kier molecular flexibility index (Phi) is 3.29. The first kappa shape index (κ1) is 12.5. The maximum atomic E-state index is 12.8. The lowest BCUT2D eigenvalue weighted by atomic mass is 10.0. The Hall–Kier alpha value is -1.95. The number of amides is 1. The fraction of sp³-hybridized carbons (Fsp3) is 0.167. The Balaban J connectivity index is 2.32. The van der Waals surface area contributed by atoms with Gasteiger partial charge in [0.1, 0.15) is 10.8 Å². The lowest BCUT2D eigenvalue weighted by molar-refractivity contribution is -0.122. The standard InChI is InChI=1S/C12H12FN3OS/c1-12(10(14)17,11-15-6-7-18-11)16-9-4-2-8(13)3-5-9/h2-7,16H,1H3,(H2,14,17). The van der Waals surface area contributed by atoms with Crippen molar-refractivity contribution in [2.45, 2.75) is 12.5 Å². The molecule has 3 N–H and O–H groups in total. The predicted molar refractivity (Wildman–Crippen MR) is 68.7 cm³/mol. The zero-order chi connectivity index (χ0) is 13.2. The van der Waals surface area contributed by atoms with Crippen LogP contribution in [-0.4, -0.2) is 10.9 Å². The van der Waals surface area contributed by atoms with Gasteiger partial charge in [-0.3, -0.25) is 4.79 Å². The number of nitrogens with one attached hydrogen (secondary N) is 1. The van der Waals surface area contributed by atoms with Gasteiger partial charge in [-0.05, 0) is 31.2 Å². The molecule has 0 fully saturated rings. The van der Waals surface area contributed by atoms with Gasteiger partial charge in [-0.1, -0.05) is 0 Å². The van der Waals surface area contributed by atoms with Gasteiger partial charge in [-0.15, -0.1) is 11.3 Å². The maximum absolute atomic E-state index is 12.8. The SMILES string of the molecule is CC(Nc1ccc(F)cc1)(C(N)=O)c1nccs1. The van der Waals surface area contributed by atoms with E-state index < -0.39 is 11.4 Å². The molecule has 0 aliphatic rings. The molecule has 1 heterocycles. The van der Waals surface area contributed by atoms with Crippen LogP contribution < -0.4 is 11.1 Å². The zero-order valence-corrected chi connectivity index (χ0v) is 10.5. The second-order valence-corrected chi connectivity index (χ2v) is 4.85. The summed E-state index contributed by atoms with van der Waals surface area (Å²) in [5.74, 6) is -0.877. The van der Waals surface area contributed by atoms with Crippen LogP contribution in [0.25, 0.3) is 0 Å². The van der Waals surface area contributed by atoms with E-state index in [4.69, 9.17) is 5.73 Å². The van der Waals surface area contributed by atoms with Crippen molar-refractivity contribution in [2.24, 2.45) is 5.73 Å². The number of nitrogens with zero attached hydrogens (tertiary/aromatic N) is 1. The zero-order valence-electron chi connectivity index (χ0n) is 9.68. The smallest absolute Gasteiger partial charge is 0.249 e. The summed E-state index contributed by atoms with van der Waals surface area (Å²) in [6.45, 7) is 1.65. The molecule has 1 amide bonds. The molecule has 2 aromatic rings. The number of halogens is 1. The first-order valence-electron chi connectivity index (χ1n) is 5.26. The van der Waals surface area contributed by atoms with Gasteiger partial charge in [-0.2, -0.15) is 0 Å². The fourth-order valence-corrected chi connectivity index (χ4v) is 2.27. The quantitative estimate of drug-likeness (QED) is 0.889. The molecular weight excluding hydrogens is 253 g/mol. The van der Waals surface area contributed by atoms with Crippen LogP contribution >= 0.6 is 11.3 Å². The number of rotatable bonds is 4. The van der Waals surface area contributed by atoms with Crippen LogP contribution in [0.4, 0.5) is 10.1 Å². The van der Waals surface area contributed by atoms with E-state index in [1.165, 1.54) is 23.5 Å². The summed E-state index contributed by atoms with van der Waals surface area (Å²) in [4.78, 5) is 15.7. The molecule has 0 aliphatic heterocycles. The first-order valence-corrected chi connectivity index (χ1v) is 6.14. The van der Waals surface area contributed by atoms with Gasteiger partial charge in [0.25, 0.3) is 0 Å². The van der Waals surface area contributed by atoms with E-state index in [0.717, 1.165) is 0 Å². The summed E-state index contributed by atoms with van der Waals surface area (Å²) in [6, 6.07) is 5.71. The Morgan fingerprint density at radius 3 is 2.61 bits per heavy atom. The first-order chi connectivity index (χ1) is 8.52. The molecule has 1 aromatic carbocycles. The predicted octanol–water partition coefficient (Wildman–Crippen LogP) is 2.09. The molecule has 1 unspecified atom stereocenters. The summed E-state index contributed by atoms with van der Waals surface area (Å²) in [5.41, 5.74) is 4.93. The summed E-state index contributed by atoms with van der Waals surface area (Å²) in [6.07, 6.45) is 1.60. The average Bonchev–Trinajstić information content (AvgIpc) is 2.86. The number of nitrogens with two attached hydrogens (primary N) is 1. The highest BCUT2D eigenvalue weighted by Crippen LogP contribution is 2.27. The van der Waals surface area contributed by atoms with Crippen LogP contribution in [0.1, 0.15) is 11.9 Å². The van der Waals surface area contributed by atoms with E-state index in [0.29, 0.717) is 10.7 Å². The molecule has 0 radical (unpaired) electrons. The minimum Gasteiger partial charge on any atom is -0.367 e. The largest absolute Gasteiger partial charge is 0.367 e. The van der Waals surface area contributed by atoms with Crippen molar-refractivity contribution in [3.05, 3.63) is 46.7 Å². The minimum absolute atomic E-state index is 0.337. The van der Waals surface area contributed by atoms with Crippen molar-refractivity contribution in [2.75, 3.05) is 5.32 Å². The molecule has 0 aliphatic carbocycles. The molecule has 1 aromatic heterocycles. The molecule has 6 heteroatoms. The van der Waals surface area contributed by atoms with E-state index in [2.05, 4.69) is 10.3 Å². The normalized spacial score (nSPS) is 13.9. The van der Waals surface area contributed by atoms with Crippen molar-refractivity contribution < 1.29 is 9.18 Å². The van der Waals surface area contributed by atoms with Crippen LogP contribution in [-0.2, 0) is 10.3 Å². The molecule has 18 heavy (non-hydrogen) atoms. The third-order valence-corrected chi connectivity index (χ3v) is 3.59. The van der Waals surface area contributed by atoms with Gasteiger partial charge in [-0.25, -0.2) is 9.37 Å². The van der Waals surface area contributed by atoms with Gasteiger partial charge in [0.2, 0.25) is 5.91 Å². The van der Waals surface area contributed by atoms with E-state index in [1.807, 2.05) is 0 Å². The minimum atomic E-state index is -1.11. The van der Waals surface area contributed by atoms with Crippen molar-refractivity contribution in [1.29, 1.82) is 0 Å². The number of carbonyl (C=O) groups excluding carboxylic acids is 1. The summed E-state index contributed by atoms with van der Waals surface area (Å²) in [7, 11) is 0. The average molecular weight is 265 g/mol. The van der Waals surface area contributed by atoms with Crippen molar-refractivity contribution in [1.82, 2.24) is 4.98 Å². The second-order valence-electron chi connectivity index (χ2n) is 3.96. The highest BCUT2D eigenvalue weighted by atomic mass is 32.1. The Morgan fingerprint density at radius 2 is 2.11 bits per heavy atom. The number of hydrogen-bond donors (Lipinski definition) is 2.